The predicted molar refractivity (Wildman–Crippen MR) is 68.5 cm³/mol. The van der Waals surface area contributed by atoms with Gasteiger partial charge >= 0.3 is 0 Å². The Morgan fingerprint density at radius 1 is 1.47 bits per heavy atom. The van der Waals surface area contributed by atoms with Crippen molar-refractivity contribution in [2.45, 2.75) is 6.54 Å². The van der Waals surface area contributed by atoms with Crippen molar-refractivity contribution in [3.63, 3.8) is 0 Å². The number of amides is 1. The average Bonchev–Trinajstić information content (AvgIpc) is 2.73. The molecule has 0 bridgehead atoms. The van der Waals surface area contributed by atoms with E-state index in [1.54, 1.807) is 18.3 Å². The Hall–Kier alpha value is -1.62. The van der Waals surface area contributed by atoms with Crippen molar-refractivity contribution in [3.8, 4) is 0 Å². The summed E-state index contributed by atoms with van der Waals surface area (Å²) in [4.78, 5) is 15.8. The largest absolute Gasteiger partial charge is 0.353 e. The van der Waals surface area contributed by atoms with Crippen LogP contribution in [0.3, 0.4) is 0 Å². The second kappa shape index (κ2) is 5.14. The zero-order chi connectivity index (χ0) is 12.3. The van der Waals surface area contributed by atoms with E-state index in [-0.39, 0.29) is 5.91 Å². The van der Waals surface area contributed by atoms with Gasteiger partial charge in [-0.05, 0) is 40.2 Å². The fourth-order valence-corrected chi connectivity index (χ4v) is 1.70. The van der Waals surface area contributed by atoms with E-state index in [1.807, 2.05) is 29.9 Å². The van der Waals surface area contributed by atoms with Crippen LogP contribution in [0, 0.1) is 0 Å². The van der Waals surface area contributed by atoms with Gasteiger partial charge in [0, 0.05) is 25.1 Å². The summed E-state index contributed by atoms with van der Waals surface area (Å²) in [7, 11) is 1.95. The number of pyridine rings is 1. The van der Waals surface area contributed by atoms with Crippen molar-refractivity contribution in [1.29, 1.82) is 0 Å². The van der Waals surface area contributed by atoms with Gasteiger partial charge in [-0.25, -0.2) is 4.98 Å². The number of nitrogens with zero attached hydrogens (tertiary/aromatic N) is 2. The lowest BCUT2D eigenvalue weighted by atomic mass is 10.2. The first-order valence-corrected chi connectivity index (χ1v) is 5.96. The predicted octanol–water partition coefficient (Wildman–Crippen LogP) is 2.11. The standard InChI is InChI=1S/C12H12BrN3O/c1-16-6-2-3-10(16)8-15-12(17)9-4-5-11(13)14-7-9/h2-7H,8H2,1H3,(H,15,17). The first-order chi connectivity index (χ1) is 8.16. The van der Waals surface area contributed by atoms with E-state index in [2.05, 4.69) is 26.2 Å². The highest BCUT2D eigenvalue weighted by molar-refractivity contribution is 9.10. The molecule has 0 saturated carbocycles. The van der Waals surface area contributed by atoms with Crippen LogP contribution in [0.1, 0.15) is 16.1 Å². The molecule has 2 heterocycles. The molecule has 2 aromatic heterocycles. The van der Waals surface area contributed by atoms with E-state index in [1.165, 1.54) is 0 Å². The van der Waals surface area contributed by atoms with Crippen molar-refractivity contribution in [3.05, 3.63) is 52.5 Å². The number of aromatic nitrogens is 2. The van der Waals surface area contributed by atoms with Crippen LogP contribution in [0.25, 0.3) is 0 Å². The molecule has 0 aromatic carbocycles. The molecular weight excluding hydrogens is 282 g/mol. The number of carbonyl (C=O) groups is 1. The normalized spacial score (nSPS) is 10.2. The Balaban J connectivity index is 1.98. The van der Waals surface area contributed by atoms with E-state index in [4.69, 9.17) is 0 Å². The third-order valence-electron chi connectivity index (χ3n) is 2.47. The van der Waals surface area contributed by atoms with Crippen molar-refractivity contribution >= 4 is 21.8 Å². The van der Waals surface area contributed by atoms with Gasteiger partial charge in [-0.3, -0.25) is 4.79 Å². The summed E-state index contributed by atoms with van der Waals surface area (Å²) in [6.45, 7) is 0.512. The van der Waals surface area contributed by atoms with Crippen molar-refractivity contribution in [2.75, 3.05) is 0 Å². The lowest BCUT2D eigenvalue weighted by molar-refractivity contribution is 0.0950. The number of aryl methyl sites for hydroxylation is 1. The smallest absolute Gasteiger partial charge is 0.253 e. The number of hydrogen-bond donors (Lipinski definition) is 1. The van der Waals surface area contributed by atoms with Gasteiger partial charge < -0.3 is 9.88 Å². The molecule has 0 radical (unpaired) electrons. The molecule has 17 heavy (non-hydrogen) atoms. The van der Waals surface area contributed by atoms with E-state index >= 15 is 0 Å². The van der Waals surface area contributed by atoms with Gasteiger partial charge in [0.2, 0.25) is 0 Å². The minimum absolute atomic E-state index is 0.119. The van der Waals surface area contributed by atoms with Crippen LogP contribution in [-0.2, 0) is 13.6 Å². The van der Waals surface area contributed by atoms with E-state index < -0.39 is 0 Å². The highest BCUT2D eigenvalue weighted by Crippen LogP contribution is 2.06. The molecule has 0 saturated heterocycles. The van der Waals surface area contributed by atoms with Crippen molar-refractivity contribution in [1.82, 2.24) is 14.9 Å². The first kappa shape index (κ1) is 11.9. The Morgan fingerprint density at radius 2 is 2.29 bits per heavy atom. The highest BCUT2D eigenvalue weighted by atomic mass is 79.9. The highest BCUT2D eigenvalue weighted by Gasteiger charge is 2.06. The summed E-state index contributed by atoms with van der Waals surface area (Å²) in [5, 5.41) is 2.85. The molecular formula is C12H12BrN3O. The SMILES string of the molecule is Cn1cccc1CNC(=O)c1ccc(Br)nc1. The molecule has 2 rings (SSSR count). The van der Waals surface area contributed by atoms with Crippen molar-refractivity contribution in [2.24, 2.45) is 7.05 Å². The zero-order valence-corrected chi connectivity index (χ0v) is 10.9. The Kier molecular flexibility index (Phi) is 3.58. The van der Waals surface area contributed by atoms with Gasteiger partial charge in [-0.2, -0.15) is 0 Å². The average molecular weight is 294 g/mol. The maximum atomic E-state index is 11.8. The van der Waals surface area contributed by atoms with Crippen LogP contribution in [0.15, 0.2) is 41.3 Å². The third kappa shape index (κ3) is 2.94. The van der Waals surface area contributed by atoms with Gasteiger partial charge in [-0.1, -0.05) is 0 Å². The molecule has 5 heteroatoms. The Bertz CT molecular complexity index is 519. The second-order valence-corrected chi connectivity index (χ2v) is 4.48. The number of carbonyl (C=O) groups excluding carboxylic acids is 1. The maximum Gasteiger partial charge on any atom is 0.253 e. The monoisotopic (exact) mass is 293 g/mol. The van der Waals surface area contributed by atoms with Crippen LogP contribution in [0.4, 0.5) is 0 Å². The second-order valence-electron chi connectivity index (χ2n) is 3.66. The molecule has 1 N–H and O–H groups in total. The van der Waals surface area contributed by atoms with Crippen LogP contribution in [0.5, 0.6) is 0 Å². The number of halogens is 1. The first-order valence-electron chi connectivity index (χ1n) is 5.17. The molecule has 0 aliphatic carbocycles. The van der Waals surface area contributed by atoms with Gasteiger partial charge in [-0.15, -0.1) is 0 Å². The zero-order valence-electron chi connectivity index (χ0n) is 9.35. The molecule has 2 aromatic rings. The summed E-state index contributed by atoms with van der Waals surface area (Å²) < 4.78 is 2.69. The summed E-state index contributed by atoms with van der Waals surface area (Å²) in [6.07, 6.45) is 3.49. The van der Waals surface area contributed by atoms with Gasteiger partial charge in [0.15, 0.2) is 0 Å². The molecule has 88 valence electrons. The fourth-order valence-electron chi connectivity index (χ4n) is 1.46. The minimum atomic E-state index is -0.119. The minimum Gasteiger partial charge on any atom is -0.353 e. The molecule has 4 nitrogen and oxygen atoms in total. The molecule has 0 fully saturated rings. The summed E-state index contributed by atoms with van der Waals surface area (Å²) in [6, 6.07) is 7.40. The van der Waals surface area contributed by atoms with Crippen molar-refractivity contribution < 1.29 is 4.79 Å². The quantitative estimate of drug-likeness (QED) is 0.881. The molecule has 1 amide bonds. The van der Waals surface area contributed by atoms with Crippen LogP contribution < -0.4 is 5.32 Å². The molecule has 0 aliphatic heterocycles. The Morgan fingerprint density at radius 3 is 2.88 bits per heavy atom. The summed E-state index contributed by atoms with van der Waals surface area (Å²) in [5.74, 6) is -0.119. The molecule has 0 unspecified atom stereocenters. The number of nitrogens with one attached hydrogen (secondary N) is 1. The van der Waals surface area contributed by atoms with Crippen LogP contribution >= 0.6 is 15.9 Å². The van der Waals surface area contributed by atoms with Crippen LogP contribution in [-0.4, -0.2) is 15.5 Å². The summed E-state index contributed by atoms with van der Waals surface area (Å²) in [5.41, 5.74) is 1.62. The van der Waals surface area contributed by atoms with E-state index in [0.29, 0.717) is 12.1 Å². The van der Waals surface area contributed by atoms with Gasteiger partial charge in [0.25, 0.3) is 5.91 Å². The molecule has 0 spiro atoms. The van der Waals surface area contributed by atoms with Crippen LogP contribution in [0.2, 0.25) is 0 Å². The number of hydrogen-bond acceptors (Lipinski definition) is 2. The topological polar surface area (TPSA) is 46.9 Å². The third-order valence-corrected chi connectivity index (χ3v) is 2.94. The van der Waals surface area contributed by atoms with Gasteiger partial charge in [0.05, 0.1) is 12.1 Å². The number of rotatable bonds is 3. The van der Waals surface area contributed by atoms with E-state index in [9.17, 15) is 4.79 Å². The Labute approximate surface area is 108 Å². The summed E-state index contributed by atoms with van der Waals surface area (Å²) >= 11 is 3.23. The lowest BCUT2D eigenvalue weighted by Crippen LogP contribution is -2.23. The molecule has 0 atom stereocenters. The molecule has 0 aliphatic rings. The van der Waals surface area contributed by atoms with Gasteiger partial charge in [0.1, 0.15) is 4.60 Å². The maximum absolute atomic E-state index is 11.8. The lowest BCUT2D eigenvalue weighted by Gasteiger charge is -2.06. The fraction of sp³-hybridized carbons (Fsp3) is 0.167. The van der Waals surface area contributed by atoms with E-state index in [0.717, 1.165) is 10.3 Å².